The summed E-state index contributed by atoms with van der Waals surface area (Å²) in [6.45, 7) is 0. The second-order valence-corrected chi connectivity index (χ2v) is 3.92. The van der Waals surface area contributed by atoms with Crippen LogP contribution in [-0.2, 0) is 4.79 Å². The summed E-state index contributed by atoms with van der Waals surface area (Å²) in [6.07, 6.45) is 1.63. The van der Waals surface area contributed by atoms with E-state index in [-0.39, 0.29) is 5.92 Å². The molecule has 12 heavy (non-hydrogen) atoms. The summed E-state index contributed by atoms with van der Waals surface area (Å²) in [6, 6.07) is 9.92. The molecule has 1 nitrogen and oxygen atoms in total. The maximum atomic E-state index is 10.5. The fraction of sp³-hybridized carbons (Fsp3) is 0.300. The van der Waals surface area contributed by atoms with Gasteiger partial charge in [0.05, 0.1) is 0 Å². The third-order valence-electron chi connectivity index (χ3n) is 2.33. The number of alkyl halides is 1. The van der Waals surface area contributed by atoms with Crippen LogP contribution in [0, 0.1) is 0 Å². The molecule has 62 valence electrons. The van der Waals surface area contributed by atoms with Crippen LogP contribution in [0.15, 0.2) is 30.3 Å². The SMILES string of the molecule is O=C[C@@]1(Cl)C[C@@H]1c1ccccc1. The minimum Gasteiger partial charge on any atom is -0.301 e. The molecule has 1 aliphatic rings. The smallest absolute Gasteiger partial charge is 0.141 e. The Labute approximate surface area is 76.4 Å². The van der Waals surface area contributed by atoms with Crippen LogP contribution >= 0.6 is 11.6 Å². The first kappa shape index (κ1) is 7.81. The van der Waals surface area contributed by atoms with Crippen LogP contribution < -0.4 is 0 Å². The molecule has 0 radical (unpaired) electrons. The predicted molar refractivity (Wildman–Crippen MR) is 48.4 cm³/mol. The van der Waals surface area contributed by atoms with Crippen LogP contribution in [0.5, 0.6) is 0 Å². The summed E-state index contributed by atoms with van der Waals surface area (Å²) in [4.78, 5) is 9.94. The van der Waals surface area contributed by atoms with Gasteiger partial charge in [0.15, 0.2) is 0 Å². The molecule has 2 heteroatoms. The van der Waals surface area contributed by atoms with Gasteiger partial charge in [0, 0.05) is 5.92 Å². The first-order valence-electron chi connectivity index (χ1n) is 3.96. The highest BCUT2D eigenvalue weighted by Gasteiger charge is 2.53. The van der Waals surface area contributed by atoms with Gasteiger partial charge in [-0.1, -0.05) is 30.3 Å². The molecular weight excluding hydrogens is 172 g/mol. The largest absolute Gasteiger partial charge is 0.301 e. The van der Waals surface area contributed by atoms with Gasteiger partial charge in [0.1, 0.15) is 11.2 Å². The third kappa shape index (κ3) is 1.14. The molecule has 2 rings (SSSR count). The highest BCUT2D eigenvalue weighted by atomic mass is 35.5. The van der Waals surface area contributed by atoms with Crippen LogP contribution in [0.4, 0.5) is 0 Å². The first-order chi connectivity index (χ1) is 5.76. The third-order valence-corrected chi connectivity index (χ3v) is 2.84. The zero-order chi connectivity index (χ0) is 8.60. The van der Waals surface area contributed by atoms with E-state index < -0.39 is 4.87 Å². The molecule has 1 aliphatic carbocycles. The summed E-state index contributed by atoms with van der Waals surface area (Å²) in [5, 5.41) is 0. The molecule has 1 aromatic carbocycles. The van der Waals surface area contributed by atoms with Crippen molar-refractivity contribution in [1.29, 1.82) is 0 Å². The highest BCUT2D eigenvalue weighted by molar-refractivity contribution is 6.35. The Morgan fingerprint density at radius 2 is 2.08 bits per heavy atom. The van der Waals surface area contributed by atoms with Gasteiger partial charge in [-0.3, -0.25) is 0 Å². The zero-order valence-corrected chi connectivity index (χ0v) is 7.29. The number of benzene rings is 1. The molecule has 0 saturated heterocycles. The van der Waals surface area contributed by atoms with Gasteiger partial charge in [-0.15, -0.1) is 11.6 Å². The molecule has 1 aromatic rings. The van der Waals surface area contributed by atoms with Gasteiger partial charge in [0.2, 0.25) is 0 Å². The van der Waals surface area contributed by atoms with E-state index in [2.05, 4.69) is 0 Å². The summed E-state index contributed by atoms with van der Waals surface area (Å²) in [5.41, 5.74) is 1.17. The maximum Gasteiger partial charge on any atom is 0.141 e. The number of rotatable bonds is 2. The Morgan fingerprint density at radius 1 is 1.42 bits per heavy atom. The number of hydrogen-bond donors (Lipinski definition) is 0. The van der Waals surface area contributed by atoms with Crippen molar-refractivity contribution >= 4 is 17.9 Å². The number of carbonyl (C=O) groups excluding carboxylic acids is 1. The number of halogens is 1. The lowest BCUT2D eigenvalue weighted by Crippen LogP contribution is -2.02. The topological polar surface area (TPSA) is 17.1 Å². The van der Waals surface area contributed by atoms with E-state index in [0.717, 1.165) is 12.7 Å². The molecule has 0 N–H and O–H groups in total. The van der Waals surface area contributed by atoms with E-state index >= 15 is 0 Å². The Balaban J connectivity index is 2.21. The minimum absolute atomic E-state index is 0.234. The van der Waals surface area contributed by atoms with E-state index in [0.29, 0.717) is 0 Å². The van der Waals surface area contributed by atoms with E-state index in [1.807, 2.05) is 30.3 Å². The van der Waals surface area contributed by atoms with Gasteiger partial charge >= 0.3 is 0 Å². The number of aldehydes is 1. The fourth-order valence-electron chi connectivity index (χ4n) is 1.46. The summed E-state index contributed by atoms with van der Waals surface area (Å²) >= 11 is 5.96. The fourth-order valence-corrected chi connectivity index (χ4v) is 1.74. The Kier molecular flexibility index (Phi) is 1.69. The quantitative estimate of drug-likeness (QED) is 0.505. The Morgan fingerprint density at radius 3 is 2.58 bits per heavy atom. The van der Waals surface area contributed by atoms with Crippen molar-refractivity contribution in [2.45, 2.75) is 17.2 Å². The van der Waals surface area contributed by atoms with Gasteiger partial charge in [0.25, 0.3) is 0 Å². The lowest BCUT2D eigenvalue weighted by molar-refractivity contribution is -0.108. The van der Waals surface area contributed by atoms with Crippen molar-refractivity contribution in [2.75, 3.05) is 0 Å². The van der Waals surface area contributed by atoms with Gasteiger partial charge in [-0.05, 0) is 12.0 Å². The van der Waals surface area contributed by atoms with E-state index in [4.69, 9.17) is 11.6 Å². The molecule has 0 aromatic heterocycles. The molecule has 0 spiro atoms. The average Bonchev–Trinajstić information content (AvgIpc) is 2.81. The van der Waals surface area contributed by atoms with Crippen molar-refractivity contribution in [3.63, 3.8) is 0 Å². The number of carbonyl (C=O) groups is 1. The van der Waals surface area contributed by atoms with Gasteiger partial charge in [-0.2, -0.15) is 0 Å². The van der Waals surface area contributed by atoms with Crippen molar-refractivity contribution in [1.82, 2.24) is 0 Å². The molecule has 0 bridgehead atoms. The second-order valence-electron chi connectivity index (χ2n) is 3.21. The van der Waals surface area contributed by atoms with Crippen molar-refractivity contribution in [3.8, 4) is 0 Å². The van der Waals surface area contributed by atoms with E-state index in [1.54, 1.807) is 0 Å². The van der Waals surface area contributed by atoms with Gasteiger partial charge in [-0.25, -0.2) is 0 Å². The molecule has 0 amide bonds. The lowest BCUT2D eigenvalue weighted by Gasteiger charge is -1.99. The molecule has 0 heterocycles. The summed E-state index contributed by atoms with van der Waals surface area (Å²) < 4.78 is 0. The maximum absolute atomic E-state index is 10.5. The zero-order valence-electron chi connectivity index (χ0n) is 6.53. The van der Waals surface area contributed by atoms with E-state index in [1.165, 1.54) is 5.56 Å². The normalized spacial score (nSPS) is 32.9. The molecule has 0 aliphatic heterocycles. The van der Waals surface area contributed by atoms with Crippen LogP contribution in [0.25, 0.3) is 0 Å². The van der Waals surface area contributed by atoms with Crippen molar-refractivity contribution in [3.05, 3.63) is 35.9 Å². The van der Waals surface area contributed by atoms with Crippen LogP contribution in [-0.4, -0.2) is 11.2 Å². The van der Waals surface area contributed by atoms with Crippen LogP contribution in [0.3, 0.4) is 0 Å². The minimum atomic E-state index is -0.596. The predicted octanol–water partition coefficient (Wildman–Crippen LogP) is 2.35. The monoisotopic (exact) mass is 180 g/mol. The molecule has 0 unspecified atom stereocenters. The van der Waals surface area contributed by atoms with Crippen LogP contribution in [0.1, 0.15) is 17.9 Å². The Hall–Kier alpha value is -0.820. The van der Waals surface area contributed by atoms with Crippen LogP contribution in [0.2, 0.25) is 0 Å². The molecule has 1 fully saturated rings. The second kappa shape index (κ2) is 2.60. The lowest BCUT2D eigenvalue weighted by atomic mass is 10.1. The molecule has 1 saturated carbocycles. The first-order valence-corrected chi connectivity index (χ1v) is 4.34. The molecular formula is C10H9ClO. The number of hydrogen-bond acceptors (Lipinski definition) is 1. The Bertz CT molecular complexity index is 296. The van der Waals surface area contributed by atoms with Crippen molar-refractivity contribution in [2.24, 2.45) is 0 Å². The van der Waals surface area contributed by atoms with E-state index in [9.17, 15) is 4.79 Å². The summed E-state index contributed by atoms with van der Waals surface area (Å²) in [7, 11) is 0. The highest BCUT2D eigenvalue weighted by Crippen LogP contribution is 2.54. The van der Waals surface area contributed by atoms with Crippen molar-refractivity contribution < 1.29 is 4.79 Å². The van der Waals surface area contributed by atoms with Gasteiger partial charge < -0.3 is 4.79 Å². The molecule has 2 atom stereocenters. The summed E-state index contributed by atoms with van der Waals surface area (Å²) in [5.74, 6) is 0.234. The standard InChI is InChI=1S/C10H9ClO/c11-10(7-12)6-9(10)8-4-2-1-3-5-8/h1-5,7,9H,6H2/t9-,10+/m1/s1. The average molecular weight is 181 g/mol.